The van der Waals surface area contributed by atoms with E-state index in [-0.39, 0.29) is 0 Å². The van der Waals surface area contributed by atoms with Gasteiger partial charge in [0, 0.05) is 18.5 Å². The second-order valence-corrected chi connectivity index (χ2v) is 12.1. The normalized spacial score (nSPS) is 21.4. The van der Waals surface area contributed by atoms with Crippen molar-refractivity contribution in [2.45, 2.75) is 26.0 Å². The van der Waals surface area contributed by atoms with E-state index in [0.29, 0.717) is 5.25 Å². The van der Waals surface area contributed by atoms with Gasteiger partial charge in [0.2, 0.25) is 6.42 Å². The van der Waals surface area contributed by atoms with Gasteiger partial charge in [0.25, 0.3) is 0 Å². The summed E-state index contributed by atoms with van der Waals surface area (Å²) < 4.78 is 8.43. The largest absolute Gasteiger partial charge is 0.449 e. The van der Waals surface area contributed by atoms with E-state index < -0.39 is 6.42 Å². The van der Waals surface area contributed by atoms with Gasteiger partial charge in [-0.2, -0.15) is 0 Å². The first-order valence-electron chi connectivity index (χ1n) is 8.28. The van der Waals surface area contributed by atoms with Crippen molar-refractivity contribution in [2.24, 2.45) is 4.99 Å². The van der Waals surface area contributed by atoms with Gasteiger partial charge in [0.15, 0.2) is 5.17 Å². The maximum absolute atomic E-state index is 6.22. The summed E-state index contributed by atoms with van der Waals surface area (Å²) in [7, 11) is 0. The first-order valence-corrected chi connectivity index (χ1v) is 12.3. The molecule has 0 aliphatic carbocycles. The molecule has 2 atom stereocenters. The third kappa shape index (κ3) is 4.28. The highest BCUT2D eigenvalue weighted by Gasteiger charge is 2.35. The molecule has 0 unspecified atom stereocenters. The van der Waals surface area contributed by atoms with E-state index in [1.165, 1.54) is 11.1 Å². The molecule has 0 amide bonds. The highest BCUT2D eigenvalue weighted by atomic mass is 32.4. The number of hydrogen-bond donors (Lipinski definition) is 0. The summed E-state index contributed by atoms with van der Waals surface area (Å²) in [5.41, 5.74) is 3.40. The summed E-state index contributed by atoms with van der Waals surface area (Å²) in [6.45, 7) is 9.32. The van der Waals surface area contributed by atoms with E-state index in [9.17, 15) is 0 Å². The third-order valence-corrected chi connectivity index (χ3v) is 7.86. The Morgan fingerprint density at radius 2 is 1.76 bits per heavy atom. The van der Waals surface area contributed by atoms with Crippen LogP contribution in [0.3, 0.4) is 0 Å². The van der Waals surface area contributed by atoms with E-state index in [1.54, 1.807) is 11.8 Å². The molecule has 0 N–H and O–H groups in total. The predicted molar refractivity (Wildman–Crippen MR) is 114 cm³/mol. The van der Waals surface area contributed by atoms with Crippen LogP contribution < -0.4 is 4.52 Å². The average molecular weight is 391 g/mol. The van der Waals surface area contributed by atoms with Crippen LogP contribution in [-0.4, -0.2) is 28.3 Å². The van der Waals surface area contributed by atoms with E-state index in [0.717, 1.165) is 23.1 Å². The molecular weight excluding hydrogens is 367 g/mol. The van der Waals surface area contributed by atoms with E-state index in [4.69, 9.17) is 21.3 Å². The van der Waals surface area contributed by atoms with Crippen molar-refractivity contribution in [1.29, 1.82) is 0 Å². The van der Waals surface area contributed by atoms with Gasteiger partial charge >= 0.3 is 0 Å². The van der Waals surface area contributed by atoms with Gasteiger partial charge < -0.3 is 4.52 Å². The molecule has 0 spiro atoms. The Labute approximate surface area is 159 Å². The summed E-state index contributed by atoms with van der Waals surface area (Å²) in [5, 5.41) is 1.43. The van der Waals surface area contributed by atoms with Crippen LogP contribution in [0.2, 0.25) is 0 Å². The number of para-hydroxylation sites is 2. The monoisotopic (exact) mass is 390 g/mol. The average Bonchev–Trinajstić information content (AvgIpc) is 2.93. The molecule has 0 saturated carbocycles. The van der Waals surface area contributed by atoms with Crippen LogP contribution in [0.15, 0.2) is 53.5 Å². The van der Waals surface area contributed by atoms with Crippen molar-refractivity contribution in [3.8, 4) is 5.75 Å². The quantitative estimate of drug-likeness (QED) is 0.621. The van der Waals surface area contributed by atoms with Crippen molar-refractivity contribution < 1.29 is 4.52 Å². The first kappa shape index (κ1) is 18.5. The molecule has 6 heteroatoms. The van der Waals surface area contributed by atoms with Gasteiger partial charge in [-0.3, -0.25) is 4.67 Å². The van der Waals surface area contributed by atoms with Crippen LogP contribution in [0, 0.1) is 13.8 Å². The molecular formula is C19H23N2OPS2. The van der Waals surface area contributed by atoms with Gasteiger partial charge in [0.1, 0.15) is 5.75 Å². The lowest BCUT2D eigenvalue weighted by Gasteiger charge is -2.30. The zero-order valence-electron chi connectivity index (χ0n) is 15.0. The molecule has 25 heavy (non-hydrogen) atoms. The number of hydrogen-bond acceptors (Lipinski definition) is 4. The van der Waals surface area contributed by atoms with Gasteiger partial charge in [-0.05, 0) is 48.9 Å². The van der Waals surface area contributed by atoms with Crippen LogP contribution in [0.5, 0.6) is 5.75 Å². The fourth-order valence-corrected chi connectivity index (χ4v) is 6.79. The smallest absolute Gasteiger partial charge is 0.203 e. The minimum atomic E-state index is -2.21. The summed E-state index contributed by atoms with van der Waals surface area (Å²) >= 11 is 7.70. The number of thioether (sulfide) groups is 1. The zero-order valence-corrected chi connectivity index (χ0v) is 17.5. The van der Waals surface area contributed by atoms with Gasteiger partial charge in [-0.1, -0.05) is 55.1 Å². The minimum absolute atomic E-state index is 0.449. The lowest BCUT2D eigenvalue weighted by atomic mass is 10.1. The lowest BCUT2D eigenvalue weighted by molar-refractivity contribution is 0.542. The SMILES string of the molecule is Cc1cccc(C)c1N=C1S[C@H](C)CN1[P@@](C)(=S)Oc1ccccc1. The number of rotatable bonds is 4. The number of amidine groups is 1. The fraction of sp³-hybridized carbons (Fsp3) is 0.316. The third-order valence-electron chi connectivity index (χ3n) is 4.06. The summed E-state index contributed by atoms with van der Waals surface area (Å²) in [6, 6.07) is 16.1. The number of benzene rings is 2. The Morgan fingerprint density at radius 1 is 1.12 bits per heavy atom. The van der Waals surface area contributed by atoms with Crippen molar-refractivity contribution in [3.63, 3.8) is 0 Å². The standard InChI is InChI=1S/C19H23N2OPS2/c1-14-9-8-10-15(2)18(14)20-19-21(13-16(3)25-19)23(4,24)22-17-11-6-5-7-12-17/h5-12,16H,13H2,1-4H3/t16-,23-/m1/s1. The van der Waals surface area contributed by atoms with Gasteiger partial charge in [-0.15, -0.1) is 0 Å². The summed E-state index contributed by atoms with van der Waals surface area (Å²) in [6.07, 6.45) is -2.21. The van der Waals surface area contributed by atoms with Crippen molar-refractivity contribution >= 4 is 40.8 Å². The predicted octanol–water partition coefficient (Wildman–Crippen LogP) is 5.75. The lowest BCUT2D eigenvalue weighted by Crippen LogP contribution is -2.24. The molecule has 1 aliphatic heterocycles. The number of nitrogens with zero attached hydrogens (tertiary/aromatic N) is 2. The minimum Gasteiger partial charge on any atom is -0.449 e. The van der Waals surface area contributed by atoms with E-state index >= 15 is 0 Å². The number of aliphatic imine (C=N–C) groups is 1. The first-order chi connectivity index (χ1) is 11.9. The molecule has 132 valence electrons. The van der Waals surface area contributed by atoms with Crippen LogP contribution >= 0.6 is 18.2 Å². The Kier molecular flexibility index (Phi) is 5.57. The maximum Gasteiger partial charge on any atom is 0.203 e. The zero-order chi connectivity index (χ0) is 18.0. The Hall–Kier alpha value is -1.29. The van der Waals surface area contributed by atoms with Crippen LogP contribution in [0.4, 0.5) is 5.69 Å². The number of aryl methyl sites for hydroxylation is 2. The second-order valence-electron chi connectivity index (χ2n) is 6.35. The van der Waals surface area contributed by atoms with Crippen LogP contribution in [-0.2, 0) is 11.8 Å². The molecule has 1 aliphatic rings. The van der Waals surface area contributed by atoms with Crippen molar-refractivity contribution in [3.05, 3.63) is 59.7 Å². The van der Waals surface area contributed by atoms with E-state index in [1.807, 2.05) is 37.0 Å². The van der Waals surface area contributed by atoms with Crippen molar-refractivity contribution in [2.75, 3.05) is 13.2 Å². The molecule has 2 aromatic rings. The Morgan fingerprint density at radius 3 is 2.40 bits per heavy atom. The van der Waals surface area contributed by atoms with E-state index in [2.05, 4.69) is 43.6 Å². The molecule has 2 aromatic carbocycles. The highest BCUT2D eigenvalue weighted by Crippen LogP contribution is 2.52. The summed E-state index contributed by atoms with van der Waals surface area (Å²) in [5.74, 6) is 0.823. The fourth-order valence-electron chi connectivity index (χ4n) is 2.79. The molecule has 1 fully saturated rings. The molecule has 0 radical (unpaired) electrons. The molecule has 0 aromatic heterocycles. The highest BCUT2D eigenvalue weighted by molar-refractivity contribution is 8.17. The van der Waals surface area contributed by atoms with Crippen molar-refractivity contribution in [1.82, 2.24) is 4.67 Å². The Balaban J connectivity index is 1.94. The molecule has 3 rings (SSSR count). The van der Waals surface area contributed by atoms with Crippen LogP contribution in [0.25, 0.3) is 0 Å². The van der Waals surface area contributed by atoms with Gasteiger partial charge in [0.05, 0.1) is 5.69 Å². The Bertz CT molecular complexity index is 818. The summed E-state index contributed by atoms with van der Waals surface area (Å²) in [4.78, 5) is 4.98. The molecule has 1 heterocycles. The van der Waals surface area contributed by atoms with Crippen LogP contribution in [0.1, 0.15) is 18.1 Å². The topological polar surface area (TPSA) is 24.8 Å². The molecule has 1 saturated heterocycles. The molecule has 3 nitrogen and oxygen atoms in total. The maximum atomic E-state index is 6.22. The second kappa shape index (κ2) is 7.53. The van der Waals surface area contributed by atoms with Gasteiger partial charge in [-0.25, -0.2) is 4.99 Å². The molecule has 0 bridgehead atoms.